The molecule has 0 bridgehead atoms. The average molecular weight is 479 g/mol. The number of nitrogens with zero attached hydrogens (tertiary/aromatic N) is 1. The minimum absolute atomic E-state index is 0.0328. The van der Waals surface area contributed by atoms with Crippen LogP contribution in [0.3, 0.4) is 0 Å². The van der Waals surface area contributed by atoms with E-state index in [1.54, 1.807) is 19.1 Å². The fourth-order valence-corrected chi connectivity index (χ4v) is 5.60. The van der Waals surface area contributed by atoms with Crippen LogP contribution in [0.1, 0.15) is 30.6 Å². The number of carbonyl (C=O) groups is 1. The zero-order valence-electron chi connectivity index (χ0n) is 19.0. The minimum Gasteiger partial charge on any atom is -0.465 e. The van der Waals surface area contributed by atoms with Crippen molar-refractivity contribution in [2.24, 2.45) is 5.92 Å². The first-order valence-electron chi connectivity index (χ1n) is 11.1. The molecule has 1 saturated heterocycles. The van der Waals surface area contributed by atoms with Gasteiger partial charge in [0.25, 0.3) is 0 Å². The van der Waals surface area contributed by atoms with Crippen molar-refractivity contribution in [3.05, 3.63) is 77.9 Å². The van der Waals surface area contributed by atoms with E-state index in [4.69, 9.17) is 9.47 Å². The summed E-state index contributed by atoms with van der Waals surface area (Å²) in [5.41, 5.74) is 1.80. The van der Waals surface area contributed by atoms with E-state index in [0.29, 0.717) is 0 Å². The number of hydrogen-bond donors (Lipinski definition) is 1. The van der Waals surface area contributed by atoms with Crippen LogP contribution in [0.2, 0.25) is 0 Å². The maximum atomic E-state index is 13.1. The molecular weight excluding hydrogens is 452 g/mol. The molecule has 0 amide bonds. The zero-order valence-corrected chi connectivity index (χ0v) is 19.8. The summed E-state index contributed by atoms with van der Waals surface area (Å²) in [6, 6.07) is 20.8. The molecule has 1 heterocycles. The lowest BCUT2D eigenvalue weighted by atomic mass is 9.89. The van der Waals surface area contributed by atoms with Crippen LogP contribution >= 0.6 is 0 Å². The minimum atomic E-state index is -4.04. The number of fused-ring (bicyclic) bond motifs is 1. The first kappa shape index (κ1) is 23.9. The Morgan fingerprint density at radius 2 is 1.85 bits per heavy atom. The van der Waals surface area contributed by atoms with E-state index in [-0.39, 0.29) is 17.9 Å². The van der Waals surface area contributed by atoms with Gasteiger partial charge >= 0.3 is 5.97 Å². The fraction of sp³-hybridized carbons (Fsp3) is 0.308. The van der Waals surface area contributed by atoms with Crippen LogP contribution in [0.4, 0.5) is 0 Å². The Hall–Kier alpha value is -3.25. The van der Waals surface area contributed by atoms with E-state index in [0.717, 1.165) is 21.9 Å². The van der Waals surface area contributed by atoms with E-state index >= 15 is 0 Å². The van der Waals surface area contributed by atoms with Crippen molar-refractivity contribution in [3.63, 3.8) is 0 Å². The average Bonchev–Trinajstić information content (AvgIpc) is 3.26. The molecule has 0 radical (unpaired) electrons. The van der Waals surface area contributed by atoms with Crippen LogP contribution in [-0.4, -0.2) is 33.1 Å². The van der Waals surface area contributed by atoms with E-state index in [2.05, 4.69) is 10.8 Å². The highest BCUT2D eigenvalue weighted by molar-refractivity contribution is 7.89. The van der Waals surface area contributed by atoms with Crippen LogP contribution < -0.4 is 4.72 Å². The quantitative estimate of drug-likeness (QED) is 0.514. The maximum absolute atomic E-state index is 13.1. The standard InChI is InChI=1S/C26H26N2O5S/c1-3-32-26(29)25(28-34(30,31)19-13-11-17(2)12-14-19)22-15-23(33-24(22)16-27)21-10-6-8-18-7-4-5-9-20(18)21/h4-14,22-25,28H,3,15H2,1-2H3/t22-,23+,24+,25+/m0/s1. The van der Waals surface area contributed by atoms with Gasteiger partial charge in [-0.1, -0.05) is 60.2 Å². The van der Waals surface area contributed by atoms with Gasteiger partial charge in [-0.25, -0.2) is 8.42 Å². The Bertz CT molecular complexity index is 1330. The number of hydrogen-bond acceptors (Lipinski definition) is 6. The van der Waals surface area contributed by atoms with Crippen molar-refractivity contribution in [3.8, 4) is 6.07 Å². The molecule has 1 N–H and O–H groups in total. The molecule has 0 spiro atoms. The van der Waals surface area contributed by atoms with Crippen LogP contribution in [-0.2, 0) is 24.3 Å². The Morgan fingerprint density at radius 1 is 1.15 bits per heavy atom. The number of benzene rings is 3. The predicted octanol–water partition coefficient (Wildman–Crippen LogP) is 4.03. The van der Waals surface area contributed by atoms with E-state index in [9.17, 15) is 18.5 Å². The summed E-state index contributed by atoms with van der Waals surface area (Å²) in [7, 11) is -4.04. The SMILES string of the molecule is CCOC(=O)[C@H](NS(=O)(=O)c1ccc(C)cc1)[C@H]1C[C@H](c2cccc3ccccc23)O[C@@H]1C#N. The van der Waals surface area contributed by atoms with Gasteiger partial charge in [0.2, 0.25) is 10.0 Å². The number of carbonyl (C=O) groups excluding carboxylic acids is 1. The second-order valence-corrected chi connectivity index (χ2v) is 10.0. The second-order valence-electron chi connectivity index (χ2n) is 8.31. The number of aryl methyl sites for hydroxylation is 1. The molecule has 176 valence electrons. The summed E-state index contributed by atoms with van der Waals surface area (Å²) in [5.74, 6) is -1.46. The number of nitrogens with one attached hydrogen (secondary N) is 1. The molecule has 34 heavy (non-hydrogen) atoms. The highest BCUT2D eigenvalue weighted by Gasteiger charge is 2.46. The molecule has 8 heteroatoms. The Balaban J connectivity index is 1.67. The van der Waals surface area contributed by atoms with Gasteiger partial charge < -0.3 is 9.47 Å². The molecule has 0 unspecified atom stereocenters. The van der Waals surface area contributed by atoms with Crippen LogP contribution in [0.15, 0.2) is 71.6 Å². The predicted molar refractivity (Wildman–Crippen MR) is 127 cm³/mol. The van der Waals surface area contributed by atoms with E-state index in [1.807, 2.05) is 49.4 Å². The number of ether oxygens (including phenoxy) is 2. The Kier molecular flexibility index (Phi) is 6.98. The van der Waals surface area contributed by atoms with Crippen molar-refractivity contribution in [2.45, 2.75) is 43.4 Å². The first-order chi connectivity index (χ1) is 16.3. The van der Waals surface area contributed by atoms with Crippen molar-refractivity contribution < 1.29 is 22.7 Å². The molecular formula is C26H26N2O5S. The van der Waals surface area contributed by atoms with Crippen LogP contribution in [0.25, 0.3) is 10.8 Å². The summed E-state index contributed by atoms with van der Waals surface area (Å²) < 4.78 is 39.9. The number of rotatable bonds is 7. The van der Waals surface area contributed by atoms with Gasteiger partial charge in [-0.2, -0.15) is 9.98 Å². The lowest BCUT2D eigenvalue weighted by Crippen LogP contribution is -2.48. The van der Waals surface area contributed by atoms with Gasteiger partial charge in [0.1, 0.15) is 12.1 Å². The topological polar surface area (TPSA) is 105 Å². The summed E-state index contributed by atoms with van der Waals surface area (Å²) in [6.45, 7) is 3.58. The highest BCUT2D eigenvalue weighted by atomic mass is 32.2. The molecule has 3 aromatic rings. The molecule has 4 atom stereocenters. The third kappa shape index (κ3) is 4.82. The van der Waals surface area contributed by atoms with E-state index < -0.39 is 40.2 Å². The molecule has 3 aromatic carbocycles. The van der Waals surface area contributed by atoms with E-state index in [1.165, 1.54) is 12.1 Å². The normalized spacial score (nSPS) is 21.1. The van der Waals surface area contributed by atoms with Crippen molar-refractivity contribution >= 4 is 26.8 Å². The zero-order chi connectivity index (χ0) is 24.3. The second kappa shape index (κ2) is 9.94. The fourth-order valence-electron chi connectivity index (χ4n) is 4.37. The summed E-state index contributed by atoms with van der Waals surface area (Å²) in [5, 5.41) is 11.8. The van der Waals surface area contributed by atoms with Gasteiger partial charge in [0.15, 0.2) is 0 Å². The third-order valence-electron chi connectivity index (χ3n) is 6.07. The lowest BCUT2D eigenvalue weighted by molar-refractivity contribution is -0.146. The molecule has 1 aliphatic rings. The van der Waals surface area contributed by atoms with Crippen molar-refractivity contribution in [2.75, 3.05) is 6.61 Å². The third-order valence-corrected chi connectivity index (χ3v) is 7.52. The maximum Gasteiger partial charge on any atom is 0.324 e. The van der Waals surface area contributed by atoms with Crippen LogP contribution in [0.5, 0.6) is 0 Å². The monoisotopic (exact) mass is 478 g/mol. The van der Waals surface area contributed by atoms with Gasteiger partial charge in [0, 0.05) is 5.92 Å². The molecule has 0 aromatic heterocycles. The molecule has 1 aliphatic heterocycles. The van der Waals surface area contributed by atoms with Gasteiger partial charge in [-0.05, 0) is 48.7 Å². The van der Waals surface area contributed by atoms with Gasteiger partial charge in [-0.3, -0.25) is 4.79 Å². The summed E-state index contributed by atoms with van der Waals surface area (Å²) in [6.07, 6.45) is -1.17. The molecule has 7 nitrogen and oxygen atoms in total. The van der Waals surface area contributed by atoms with Crippen molar-refractivity contribution in [1.29, 1.82) is 5.26 Å². The smallest absolute Gasteiger partial charge is 0.324 e. The Morgan fingerprint density at radius 3 is 2.56 bits per heavy atom. The summed E-state index contributed by atoms with van der Waals surface area (Å²) in [4.78, 5) is 12.9. The van der Waals surface area contributed by atoms with Crippen molar-refractivity contribution in [1.82, 2.24) is 4.72 Å². The number of esters is 1. The molecule has 0 aliphatic carbocycles. The molecule has 0 saturated carbocycles. The molecule has 1 fully saturated rings. The highest BCUT2D eigenvalue weighted by Crippen LogP contribution is 2.41. The lowest BCUT2D eigenvalue weighted by Gasteiger charge is -2.24. The van der Waals surface area contributed by atoms with Crippen LogP contribution in [0, 0.1) is 24.2 Å². The summed E-state index contributed by atoms with van der Waals surface area (Å²) >= 11 is 0. The van der Waals surface area contributed by atoms with Gasteiger partial charge in [-0.15, -0.1) is 0 Å². The first-order valence-corrected chi connectivity index (χ1v) is 12.6. The molecule has 4 rings (SSSR count). The Labute approximate surface area is 199 Å². The largest absolute Gasteiger partial charge is 0.465 e. The van der Waals surface area contributed by atoms with Gasteiger partial charge in [0.05, 0.1) is 23.7 Å². The number of nitriles is 1. The number of sulfonamides is 1.